The van der Waals surface area contributed by atoms with Crippen molar-refractivity contribution in [2.24, 2.45) is 11.8 Å². The fraction of sp³-hybridized carbons (Fsp3) is 0.536. The van der Waals surface area contributed by atoms with E-state index in [1.54, 1.807) is 33.8 Å². The predicted octanol–water partition coefficient (Wildman–Crippen LogP) is 5.27. The van der Waals surface area contributed by atoms with E-state index >= 15 is 0 Å². The largest absolute Gasteiger partial charge is 0.489 e. The number of ether oxygens (including phenoxy) is 3. The summed E-state index contributed by atoms with van der Waals surface area (Å²) in [5.74, 6) is -0.703. The van der Waals surface area contributed by atoms with Crippen molar-refractivity contribution in [3.8, 4) is 5.75 Å². The second kappa shape index (κ2) is 10.4. The van der Waals surface area contributed by atoms with Crippen molar-refractivity contribution in [2.45, 2.75) is 71.1 Å². The van der Waals surface area contributed by atoms with Crippen LogP contribution in [0.2, 0.25) is 0 Å². The Labute approximate surface area is 211 Å². The third kappa shape index (κ3) is 5.74. The van der Waals surface area contributed by atoms with Gasteiger partial charge in [-0.3, -0.25) is 4.90 Å². The van der Waals surface area contributed by atoms with Crippen molar-refractivity contribution in [1.82, 2.24) is 4.90 Å². The van der Waals surface area contributed by atoms with Gasteiger partial charge in [-0.25, -0.2) is 14.4 Å². The fourth-order valence-electron chi connectivity index (χ4n) is 5.33. The van der Waals surface area contributed by atoms with Gasteiger partial charge in [-0.2, -0.15) is 0 Å². The highest BCUT2D eigenvalue weighted by molar-refractivity contribution is 5.98. The van der Waals surface area contributed by atoms with Crippen molar-refractivity contribution in [2.75, 3.05) is 13.2 Å². The summed E-state index contributed by atoms with van der Waals surface area (Å²) in [5, 5.41) is 11.8. The van der Waals surface area contributed by atoms with E-state index in [4.69, 9.17) is 14.2 Å². The lowest BCUT2D eigenvalue weighted by molar-refractivity contribution is -0.147. The van der Waals surface area contributed by atoms with Gasteiger partial charge in [-0.05, 0) is 88.1 Å². The lowest BCUT2D eigenvalue weighted by atomic mass is 9.72. The minimum atomic E-state index is -1.03. The first-order chi connectivity index (χ1) is 17.1. The molecule has 36 heavy (non-hydrogen) atoms. The maximum Gasteiger partial charge on any atom is 0.411 e. The van der Waals surface area contributed by atoms with E-state index in [2.05, 4.69) is 0 Å². The third-order valence-corrected chi connectivity index (χ3v) is 6.98. The number of nitrogens with zero attached hydrogens (tertiary/aromatic N) is 1. The number of piperidine rings is 1. The number of benzene rings is 2. The van der Waals surface area contributed by atoms with Gasteiger partial charge in [0.1, 0.15) is 23.0 Å². The van der Waals surface area contributed by atoms with Crippen LogP contribution in [0.3, 0.4) is 0 Å². The van der Waals surface area contributed by atoms with Crippen molar-refractivity contribution < 1.29 is 33.7 Å². The quantitative estimate of drug-likeness (QED) is 0.561. The third-order valence-electron chi connectivity index (χ3n) is 6.98. The number of hydrogen-bond donors (Lipinski definition) is 1. The predicted molar refractivity (Wildman–Crippen MR) is 134 cm³/mol. The Bertz CT molecular complexity index is 1140. The van der Waals surface area contributed by atoms with Crippen LogP contribution in [0.5, 0.6) is 5.75 Å². The minimum absolute atomic E-state index is 0.0926. The number of carboxylic acid groups (broad SMARTS) is 1. The van der Waals surface area contributed by atoms with Gasteiger partial charge in [0.25, 0.3) is 0 Å². The lowest BCUT2D eigenvalue weighted by Gasteiger charge is -2.46. The van der Waals surface area contributed by atoms with Crippen LogP contribution in [0.4, 0.5) is 4.79 Å². The SMILES string of the molecule is CCOC(=O)c1cc2ccccc2cc1OC1CCC2CN(C(=O)OC(C)(C)C)C(C(=O)O)CC2C1. The Kier molecular flexibility index (Phi) is 7.43. The standard InChI is InChI=1S/C28H35NO7/c1-5-34-26(32)22-13-17-8-6-7-9-18(17)15-24(22)35-21-11-10-19-16-29(27(33)36-28(2,3)4)23(25(30)31)14-20(19)12-21/h6-9,13,15,19-21,23H,5,10-12,14,16H2,1-4H3,(H,30,31). The molecule has 0 radical (unpaired) electrons. The number of fused-ring (bicyclic) bond motifs is 2. The average Bonchev–Trinajstić information content (AvgIpc) is 2.81. The molecular formula is C28H35NO7. The van der Waals surface area contributed by atoms with E-state index in [1.807, 2.05) is 30.3 Å². The molecule has 1 aliphatic carbocycles. The van der Waals surface area contributed by atoms with Crippen LogP contribution in [-0.4, -0.2) is 58.9 Å². The van der Waals surface area contributed by atoms with Crippen LogP contribution >= 0.6 is 0 Å². The number of carbonyl (C=O) groups excluding carboxylic acids is 2. The second-order valence-corrected chi connectivity index (χ2v) is 10.7. The van der Waals surface area contributed by atoms with Crippen molar-refractivity contribution in [3.63, 3.8) is 0 Å². The number of hydrogen-bond acceptors (Lipinski definition) is 6. The molecular weight excluding hydrogens is 462 g/mol. The number of carboxylic acids is 1. The Hall–Kier alpha value is -3.29. The molecule has 194 valence electrons. The monoisotopic (exact) mass is 497 g/mol. The summed E-state index contributed by atoms with van der Waals surface area (Å²) in [7, 11) is 0. The normalized spacial score (nSPS) is 24.1. The number of likely N-dealkylation sites (tertiary alicyclic amines) is 1. The van der Waals surface area contributed by atoms with E-state index in [9.17, 15) is 19.5 Å². The van der Waals surface area contributed by atoms with E-state index in [0.29, 0.717) is 30.7 Å². The molecule has 4 atom stereocenters. The molecule has 4 unspecified atom stereocenters. The molecule has 1 amide bonds. The average molecular weight is 498 g/mol. The Morgan fingerprint density at radius 2 is 1.72 bits per heavy atom. The van der Waals surface area contributed by atoms with Crippen LogP contribution in [0.1, 0.15) is 63.7 Å². The zero-order chi connectivity index (χ0) is 26.0. The first-order valence-electron chi connectivity index (χ1n) is 12.6. The maximum atomic E-state index is 12.7. The van der Waals surface area contributed by atoms with Crippen molar-refractivity contribution in [3.05, 3.63) is 42.0 Å². The summed E-state index contributed by atoms with van der Waals surface area (Å²) >= 11 is 0. The molecule has 1 aliphatic heterocycles. The molecule has 4 rings (SSSR count). The Balaban J connectivity index is 1.51. The smallest absolute Gasteiger partial charge is 0.411 e. The molecule has 1 saturated heterocycles. The zero-order valence-electron chi connectivity index (χ0n) is 21.4. The second-order valence-electron chi connectivity index (χ2n) is 10.7. The first kappa shape index (κ1) is 25.8. The summed E-state index contributed by atoms with van der Waals surface area (Å²) < 4.78 is 17.1. The van der Waals surface area contributed by atoms with E-state index in [-0.39, 0.29) is 24.5 Å². The molecule has 1 saturated carbocycles. The molecule has 1 N–H and O–H groups in total. The van der Waals surface area contributed by atoms with Gasteiger partial charge < -0.3 is 19.3 Å². The lowest BCUT2D eigenvalue weighted by Crippen LogP contribution is -2.56. The Morgan fingerprint density at radius 3 is 2.36 bits per heavy atom. The molecule has 1 heterocycles. The highest BCUT2D eigenvalue weighted by Crippen LogP contribution is 2.41. The topological polar surface area (TPSA) is 102 Å². The number of esters is 1. The van der Waals surface area contributed by atoms with Crippen molar-refractivity contribution in [1.29, 1.82) is 0 Å². The zero-order valence-corrected chi connectivity index (χ0v) is 21.4. The maximum absolute atomic E-state index is 12.7. The Morgan fingerprint density at radius 1 is 1.03 bits per heavy atom. The van der Waals surface area contributed by atoms with Crippen LogP contribution in [-0.2, 0) is 14.3 Å². The van der Waals surface area contributed by atoms with E-state index < -0.39 is 29.7 Å². The summed E-state index contributed by atoms with van der Waals surface area (Å²) in [4.78, 5) is 38.8. The van der Waals surface area contributed by atoms with Gasteiger partial charge in [0.05, 0.1) is 12.7 Å². The molecule has 2 aliphatic rings. The molecule has 0 bridgehead atoms. The molecule has 8 heteroatoms. The van der Waals surface area contributed by atoms with Crippen LogP contribution in [0.25, 0.3) is 10.8 Å². The summed E-state index contributed by atoms with van der Waals surface area (Å²) in [6.45, 7) is 7.70. The van der Waals surface area contributed by atoms with Gasteiger partial charge in [-0.1, -0.05) is 24.3 Å². The molecule has 0 spiro atoms. The summed E-state index contributed by atoms with van der Waals surface area (Å²) in [5.41, 5.74) is -0.306. The first-order valence-corrected chi connectivity index (χ1v) is 12.6. The van der Waals surface area contributed by atoms with Gasteiger partial charge >= 0.3 is 18.0 Å². The molecule has 2 aromatic rings. The van der Waals surface area contributed by atoms with Crippen LogP contribution in [0, 0.1) is 11.8 Å². The van der Waals surface area contributed by atoms with Crippen molar-refractivity contribution >= 4 is 28.8 Å². The number of rotatable bonds is 5. The minimum Gasteiger partial charge on any atom is -0.489 e. The molecule has 8 nitrogen and oxygen atoms in total. The number of amides is 1. The van der Waals surface area contributed by atoms with Crippen LogP contribution in [0.15, 0.2) is 36.4 Å². The molecule has 2 fully saturated rings. The van der Waals surface area contributed by atoms with E-state index in [1.165, 1.54) is 4.90 Å². The highest BCUT2D eigenvalue weighted by Gasteiger charge is 2.45. The number of carbonyl (C=O) groups is 3. The highest BCUT2D eigenvalue weighted by atomic mass is 16.6. The summed E-state index contributed by atoms with van der Waals surface area (Å²) in [6, 6.07) is 10.5. The van der Waals surface area contributed by atoms with Gasteiger partial charge in [-0.15, -0.1) is 0 Å². The van der Waals surface area contributed by atoms with Crippen LogP contribution < -0.4 is 4.74 Å². The molecule has 2 aromatic carbocycles. The molecule has 0 aromatic heterocycles. The van der Waals surface area contributed by atoms with E-state index in [0.717, 1.165) is 23.6 Å². The fourth-order valence-corrected chi connectivity index (χ4v) is 5.33. The van der Waals surface area contributed by atoms with Gasteiger partial charge in [0, 0.05) is 6.54 Å². The number of aliphatic carboxylic acids is 1. The summed E-state index contributed by atoms with van der Waals surface area (Å²) in [6.07, 6.45) is 1.80. The van der Waals surface area contributed by atoms with Gasteiger partial charge in [0.2, 0.25) is 0 Å². The van der Waals surface area contributed by atoms with Gasteiger partial charge in [0.15, 0.2) is 0 Å².